The summed E-state index contributed by atoms with van der Waals surface area (Å²) in [6.45, 7) is 2.30. The molecule has 0 unspecified atom stereocenters. The van der Waals surface area contributed by atoms with Gasteiger partial charge in [0.05, 0.1) is 0 Å². The molecule has 1 aromatic heterocycles. The van der Waals surface area contributed by atoms with Gasteiger partial charge in [0.25, 0.3) is 0 Å². The van der Waals surface area contributed by atoms with Gasteiger partial charge in [-0.25, -0.2) is 0 Å². The second kappa shape index (κ2) is 5.41. The van der Waals surface area contributed by atoms with E-state index in [1.807, 2.05) is 6.33 Å². The SMILES string of the molecule is CCCCC1CCC(c2nncn2C2CC2)CC1. The largest absolute Gasteiger partial charge is 0.314 e. The van der Waals surface area contributed by atoms with Crippen LogP contribution in [0.25, 0.3) is 0 Å². The molecule has 18 heavy (non-hydrogen) atoms. The Labute approximate surface area is 110 Å². The molecular formula is C15H25N3. The maximum atomic E-state index is 4.40. The highest BCUT2D eigenvalue weighted by molar-refractivity contribution is 5.03. The number of rotatable bonds is 5. The maximum absolute atomic E-state index is 4.40. The van der Waals surface area contributed by atoms with Crippen molar-refractivity contribution in [3.8, 4) is 0 Å². The lowest BCUT2D eigenvalue weighted by atomic mass is 9.79. The van der Waals surface area contributed by atoms with Crippen molar-refractivity contribution in [3.05, 3.63) is 12.2 Å². The van der Waals surface area contributed by atoms with Gasteiger partial charge in [-0.1, -0.05) is 26.2 Å². The molecule has 0 aliphatic heterocycles. The minimum absolute atomic E-state index is 0.686. The Morgan fingerprint density at radius 3 is 2.61 bits per heavy atom. The van der Waals surface area contributed by atoms with Gasteiger partial charge >= 0.3 is 0 Å². The molecule has 3 rings (SSSR count). The van der Waals surface area contributed by atoms with Crippen LogP contribution in [0.2, 0.25) is 0 Å². The van der Waals surface area contributed by atoms with Gasteiger partial charge in [0, 0.05) is 12.0 Å². The quantitative estimate of drug-likeness (QED) is 0.785. The zero-order valence-electron chi connectivity index (χ0n) is 11.5. The van der Waals surface area contributed by atoms with Gasteiger partial charge in [-0.05, 0) is 44.4 Å². The summed E-state index contributed by atoms with van der Waals surface area (Å²) >= 11 is 0. The lowest BCUT2D eigenvalue weighted by molar-refractivity contribution is 0.294. The molecule has 3 heteroatoms. The summed E-state index contributed by atoms with van der Waals surface area (Å²) in [5.41, 5.74) is 0. The van der Waals surface area contributed by atoms with E-state index < -0.39 is 0 Å². The average molecular weight is 247 g/mol. The van der Waals surface area contributed by atoms with Crippen LogP contribution in [0, 0.1) is 5.92 Å². The zero-order chi connectivity index (χ0) is 12.4. The lowest BCUT2D eigenvalue weighted by Crippen LogP contribution is -2.16. The lowest BCUT2D eigenvalue weighted by Gasteiger charge is -2.28. The number of nitrogens with zero attached hydrogens (tertiary/aromatic N) is 3. The Bertz CT molecular complexity index is 373. The minimum Gasteiger partial charge on any atom is -0.314 e. The Morgan fingerprint density at radius 1 is 1.17 bits per heavy atom. The molecule has 0 amide bonds. The fourth-order valence-electron chi connectivity index (χ4n) is 3.38. The molecule has 0 radical (unpaired) electrons. The van der Waals surface area contributed by atoms with Crippen LogP contribution in [0.4, 0.5) is 0 Å². The van der Waals surface area contributed by atoms with Gasteiger partial charge in [0.2, 0.25) is 0 Å². The number of aromatic nitrogens is 3. The van der Waals surface area contributed by atoms with Crippen LogP contribution in [0.5, 0.6) is 0 Å². The monoisotopic (exact) mass is 247 g/mol. The summed E-state index contributed by atoms with van der Waals surface area (Å²) in [4.78, 5) is 0. The molecule has 0 saturated heterocycles. The third-order valence-electron chi connectivity index (χ3n) is 4.72. The summed E-state index contributed by atoms with van der Waals surface area (Å²) in [5.74, 6) is 2.95. The van der Waals surface area contributed by atoms with Gasteiger partial charge in [0.1, 0.15) is 12.2 Å². The highest BCUT2D eigenvalue weighted by atomic mass is 15.3. The van der Waals surface area contributed by atoms with Gasteiger partial charge in [-0.3, -0.25) is 0 Å². The smallest absolute Gasteiger partial charge is 0.136 e. The first-order valence-corrected chi connectivity index (χ1v) is 7.78. The van der Waals surface area contributed by atoms with Crippen molar-refractivity contribution in [2.24, 2.45) is 5.92 Å². The van der Waals surface area contributed by atoms with Crippen molar-refractivity contribution in [1.29, 1.82) is 0 Å². The number of hydrogen-bond donors (Lipinski definition) is 0. The van der Waals surface area contributed by atoms with E-state index in [4.69, 9.17) is 0 Å². The van der Waals surface area contributed by atoms with E-state index in [1.54, 1.807) is 0 Å². The average Bonchev–Trinajstić information content (AvgIpc) is 3.15. The first kappa shape index (κ1) is 12.2. The molecule has 0 aromatic carbocycles. The molecule has 0 spiro atoms. The van der Waals surface area contributed by atoms with E-state index in [0.717, 1.165) is 12.0 Å². The standard InChI is InChI=1S/C15H25N3/c1-2-3-4-12-5-7-13(8-6-12)15-17-16-11-18(15)14-9-10-14/h11-14H,2-10H2,1H3. The number of hydrogen-bond acceptors (Lipinski definition) is 2. The van der Waals surface area contributed by atoms with E-state index in [2.05, 4.69) is 21.7 Å². The molecule has 2 aliphatic rings. The molecule has 100 valence electrons. The Kier molecular flexibility index (Phi) is 3.67. The first-order chi connectivity index (χ1) is 8.88. The van der Waals surface area contributed by atoms with Crippen LogP contribution in [0.1, 0.15) is 82.5 Å². The van der Waals surface area contributed by atoms with E-state index in [9.17, 15) is 0 Å². The van der Waals surface area contributed by atoms with Crippen molar-refractivity contribution in [3.63, 3.8) is 0 Å². The van der Waals surface area contributed by atoms with Gasteiger partial charge in [-0.2, -0.15) is 0 Å². The highest BCUT2D eigenvalue weighted by Gasteiger charge is 2.31. The predicted molar refractivity (Wildman–Crippen MR) is 72.5 cm³/mol. The van der Waals surface area contributed by atoms with E-state index in [1.165, 1.54) is 63.6 Å². The summed E-state index contributed by atoms with van der Waals surface area (Å²) in [6, 6.07) is 0.729. The molecule has 2 aliphatic carbocycles. The maximum Gasteiger partial charge on any atom is 0.136 e. The first-order valence-electron chi connectivity index (χ1n) is 7.78. The molecule has 2 fully saturated rings. The van der Waals surface area contributed by atoms with E-state index in [-0.39, 0.29) is 0 Å². The van der Waals surface area contributed by atoms with Crippen LogP contribution in [0.3, 0.4) is 0 Å². The van der Waals surface area contributed by atoms with E-state index in [0.29, 0.717) is 5.92 Å². The number of unbranched alkanes of at least 4 members (excludes halogenated alkanes) is 1. The summed E-state index contributed by atoms with van der Waals surface area (Å²) in [5, 5.41) is 8.54. The summed E-state index contributed by atoms with van der Waals surface area (Å²) < 4.78 is 2.36. The van der Waals surface area contributed by atoms with Crippen LogP contribution >= 0.6 is 0 Å². The molecule has 1 heterocycles. The van der Waals surface area contributed by atoms with Gasteiger partial charge in [-0.15, -0.1) is 10.2 Å². The summed E-state index contributed by atoms with van der Waals surface area (Å²) in [7, 11) is 0. The molecular weight excluding hydrogens is 222 g/mol. The van der Waals surface area contributed by atoms with Crippen molar-refractivity contribution < 1.29 is 0 Å². The predicted octanol–water partition coefficient (Wildman–Crippen LogP) is 4.08. The van der Waals surface area contributed by atoms with E-state index >= 15 is 0 Å². The second-order valence-corrected chi connectivity index (χ2v) is 6.19. The fraction of sp³-hybridized carbons (Fsp3) is 0.867. The van der Waals surface area contributed by atoms with Crippen LogP contribution in [-0.2, 0) is 0 Å². The fourth-order valence-corrected chi connectivity index (χ4v) is 3.38. The Morgan fingerprint density at radius 2 is 1.94 bits per heavy atom. The van der Waals surface area contributed by atoms with Crippen LogP contribution < -0.4 is 0 Å². The van der Waals surface area contributed by atoms with Crippen LogP contribution in [0.15, 0.2) is 6.33 Å². The normalized spacial score (nSPS) is 28.5. The van der Waals surface area contributed by atoms with Crippen molar-refractivity contribution >= 4 is 0 Å². The molecule has 3 nitrogen and oxygen atoms in total. The van der Waals surface area contributed by atoms with Crippen molar-refractivity contribution in [2.75, 3.05) is 0 Å². The molecule has 0 atom stereocenters. The zero-order valence-corrected chi connectivity index (χ0v) is 11.5. The Hall–Kier alpha value is -0.860. The third-order valence-corrected chi connectivity index (χ3v) is 4.72. The summed E-state index contributed by atoms with van der Waals surface area (Å²) in [6.07, 6.45) is 14.3. The third kappa shape index (κ3) is 2.60. The Balaban J connectivity index is 1.57. The van der Waals surface area contributed by atoms with Crippen LogP contribution in [-0.4, -0.2) is 14.8 Å². The molecule has 2 saturated carbocycles. The van der Waals surface area contributed by atoms with Gasteiger partial charge in [0.15, 0.2) is 0 Å². The molecule has 0 bridgehead atoms. The van der Waals surface area contributed by atoms with Gasteiger partial charge < -0.3 is 4.57 Å². The molecule has 0 N–H and O–H groups in total. The molecule has 1 aromatic rings. The van der Waals surface area contributed by atoms with Crippen molar-refractivity contribution in [1.82, 2.24) is 14.8 Å². The second-order valence-electron chi connectivity index (χ2n) is 6.19. The highest BCUT2D eigenvalue weighted by Crippen LogP contribution is 2.41. The van der Waals surface area contributed by atoms with Crippen molar-refractivity contribution in [2.45, 2.75) is 76.7 Å². The topological polar surface area (TPSA) is 30.7 Å². The minimum atomic E-state index is 0.686.